The molecule has 1 heterocycles. The first kappa shape index (κ1) is 14.1. The highest BCUT2D eigenvalue weighted by molar-refractivity contribution is 5.64. The topological polar surface area (TPSA) is 68.3 Å². The maximum absolute atomic E-state index is 5.29. The Balaban J connectivity index is 2.07. The summed E-state index contributed by atoms with van der Waals surface area (Å²) in [4.78, 5) is 8.52. The number of anilines is 3. The zero-order chi connectivity index (χ0) is 14.2. The lowest BCUT2D eigenvalue weighted by Crippen LogP contribution is -2.10. The molecule has 0 spiro atoms. The van der Waals surface area contributed by atoms with Gasteiger partial charge in [0.05, 0.1) is 19.4 Å². The molecular formula is C14H18N4O2. The van der Waals surface area contributed by atoms with Gasteiger partial charge in [0.15, 0.2) is 0 Å². The third-order valence-corrected chi connectivity index (χ3v) is 2.61. The Kier molecular flexibility index (Phi) is 5.14. The van der Waals surface area contributed by atoms with Crippen LogP contribution in [0.25, 0.3) is 0 Å². The molecule has 0 unspecified atom stereocenters. The van der Waals surface area contributed by atoms with Gasteiger partial charge in [-0.25, -0.2) is 4.98 Å². The van der Waals surface area contributed by atoms with Gasteiger partial charge in [0.2, 0.25) is 5.95 Å². The van der Waals surface area contributed by atoms with E-state index < -0.39 is 0 Å². The van der Waals surface area contributed by atoms with Crippen molar-refractivity contribution in [1.82, 2.24) is 9.97 Å². The molecular weight excluding hydrogens is 256 g/mol. The van der Waals surface area contributed by atoms with Crippen LogP contribution in [0.15, 0.2) is 36.5 Å². The van der Waals surface area contributed by atoms with E-state index in [0.717, 1.165) is 11.4 Å². The van der Waals surface area contributed by atoms with E-state index in [0.29, 0.717) is 24.9 Å². The maximum atomic E-state index is 5.29. The fourth-order valence-electron chi connectivity index (χ4n) is 1.66. The van der Waals surface area contributed by atoms with E-state index >= 15 is 0 Å². The highest BCUT2D eigenvalue weighted by Gasteiger charge is 2.04. The van der Waals surface area contributed by atoms with Crippen molar-refractivity contribution in [2.24, 2.45) is 0 Å². The molecule has 2 rings (SSSR count). The second-order valence-electron chi connectivity index (χ2n) is 4.01. The van der Waals surface area contributed by atoms with Gasteiger partial charge < -0.3 is 20.1 Å². The zero-order valence-corrected chi connectivity index (χ0v) is 11.6. The smallest absolute Gasteiger partial charge is 0.224 e. The van der Waals surface area contributed by atoms with E-state index in [1.807, 2.05) is 24.3 Å². The van der Waals surface area contributed by atoms with E-state index in [1.54, 1.807) is 26.5 Å². The van der Waals surface area contributed by atoms with Gasteiger partial charge >= 0.3 is 0 Å². The summed E-state index contributed by atoms with van der Waals surface area (Å²) in [6.45, 7) is 1.27. The lowest BCUT2D eigenvalue weighted by Gasteiger charge is -2.11. The molecule has 0 aliphatic rings. The fraction of sp³-hybridized carbons (Fsp3) is 0.286. The molecule has 0 atom stereocenters. The van der Waals surface area contributed by atoms with E-state index in [9.17, 15) is 0 Å². The molecule has 1 aromatic heterocycles. The minimum atomic E-state index is 0.557. The van der Waals surface area contributed by atoms with Gasteiger partial charge in [-0.3, -0.25) is 0 Å². The number of nitrogens with zero attached hydrogens (tertiary/aromatic N) is 2. The number of hydrogen-bond donors (Lipinski definition) is 2. The van der Waals surface area contributed by atoms with Crippen LogP contribution in [0.1, 0.15) is 0 Å². The molecule has 0 fully saturated rings. The molecule has 2 aromatic rings. The summed E-state index contributed by atoms with van der Waals surface area (Å²) in [6, 6.07) is 9.47. The minimum absolute atomic E-state index is 0.557. The highest BCUT2D eigenvalue weighted by atomic mass is 16.5. The average molecular weight is 274 g/mol. The molecule has 0 amide bonds. The van der Waals surface area contributed by atoms with E-state index in [1.165, 1.54) is 0 Å². The number of ether oxygens (including phenoxy) is 2. The predicted molar refractivity (Wildman–Crippen MR) is 78.7 cm³/mol. The fourth-order valence-corrected chi connectivity index (χ4v) is 1.66. The Morgan fingerprint density at radius 3 is 2.80 bits per heavy atom. The average Bonchev–Trinajstić information content (AvgIpc) is 2.48. The predicted octanol–water partition coefficient (Wildman–Crippen LogP) is 2.29. The SMILES string of the molecule is COCCNc1nccc(Nc2ccccc2OC)n1. The summed E-state index contributed by atoms with van der Waals surface area (Å²) >= 11 is 0. The van der Waals surface area contributed by atoms with Gasteiger partial charge in [0, 0.05) is 19.9 Å². The van der Waals surface area contributed by atoms with Crippen molar-refractivity contribution in [3.05, 3.63) is 36.5 Å². The first-order valence-corrected chi connectivity index (χ1v) is 6.29. The van der Waals surface area contributed by atoms with Crippen molar-refractivity contribution < 1.29 is 9.47 Å². The second-order valence-corrected chi connectivity index (χ2v) is 4.01. The van der Waals surface area contributed by atoms with Crippen molar-refractivity contribution in [3.63, 3.8) is 0 Å². The molecule has 106 valence electrons. The van der Waals surface area contributed by atoms with Gasteiger partial charge in [-0.05, 0) is 18.2 Å². The van der Waals surface area contributed by atoms with Gasteiger partial charge in [0.1, 0.15) is 11.6 Å². The van der Waals surface area contributed by atoms with E-state index in [4.69, 9.17) is 9.47 Å². The number of benzene rings is 1. The van der Waals surface area contributed by atoms with Crippen molar-refractivity contribution in [2.45, 2.75) is 0 Å². The largest absolute Gasteiger partial charge is 0.495 e. The van der Waals surface area contributed by atoms with Gasteiger partial charge in [-0.1, -0.05) is 12.1 Å². The lowest BCUT2D eigenvalue weighted by molar-refractivity contribution is 0.210. The first-order chi connectivity index (χ1) is 9.83. The van der Waals surface area contributed by atoms with Crippen molar-refractivity contribution in [2.75, 3.05) is 38.0 Å². The molecule has 0 saturated carbocycles. The molecule has 0 bridgehead atoms. The summed E-state index contributed by atoms with van der Waals surface area (Å²) in [7, 11) is 3.29. The van der Waals surface area contributed by atoms with Crippen molar-refractivity contribution in [1.29, 1.82) is 0 Å². The highest BCUT2D eigenvalue weighted by Crippen LogP contribution is 2.26. The molecule has 0 aliphatic carbocycles. The number of para-hydroxylation sites is 2. The summed E-state index contributed by atoms with van der Waals surface area (Å²) in [5, 5.41) is 6.29. The van der Waals surface area contributed by atoms with Crippen LogP contribution in [0.3, 0.4) is 0 Å². The van der Waals surface area contributed by atoms with Gasteiger partial charge in [-0.15, -0.1) is 0 Å². The van der Waals surface area contributed by atoms with Crippen LogP contribution in [-0.4, -0.2) is 37.3 Å². The van der Waals surface area contributed by atoms with Crippen LogP contribution < -0.4 is 15.4 Å². The first-order valence-electron chi connectivity index (χ1n) is 6.29. The molecule has 20 heavy (non-hydrogen) atoms. The molecule has 0 radical (unpaired) electrons. The third kappa shape index (κ3) is 3.83. The number of hydrogen-bond acceptors (Lipinski definition) is 6. The number of aromatic nitrogens is 2. The number of nitrogens with one attached hydrogen (secondary N) is 2. The van der Waals surface area contributed by atoms with E-state index in [2.05, 4.69) is 20.6 Å². The quantitative estimate of drug-likeness (QED) is 0.755. The third-order valence-electron chi connectivity index (χ3n) is 2.61. The molecule has 6 heteroatoms. The number of rotatable bonds is 7. The minimum Gasteiger partial charge on any atom is -0.495 e. The van der Waals surface area contributed by atoms with Crippen LogP contribution in [-0.2, 0) is 4.74 Å². The molecule has 2 N–H and O–H groups in total. The molecule has 0 saturated heterocycles. The van der Waals surface area contributed by atoms with Gasteiger partial charge in [-0.2, -0.15) is 4.98 Å². The second kappa shape index (κ2) is 7.30. The van der Waals surface area contributed by atoms with Crippen LogP contribution in [0.5, 0.6) is 5.75 Å². The van der Waals surface area contributed by atoms with Crippen molar-refractivity contribution >= 4 is 17.5 Å². The number of methoxy groups -OCH3 is 2. The standard InChI is InChI=1S/C14H18N4O2/c1-19-10-9-16-14-15-8-7-13(18-14)17-11-5-3-4-6-12(11)20-2/h3-8H,9-10H2,1-2H3,(H2,15,16,17,18). The Morgan fingerprint density at radius 2 is 2.00 bits per heavy atom. The monoisotopic (exact) mass is 274 g/mol. The van der Waals surface area contributed by atoms with Gasteiger partial charge in [0.25, 0.3) is 0 Å². The normalized spacial score (nSPS) is 10.1. The van der Waals surface area contributed by atoms with Crippen LogP contribution >= 0.6 is 0 Å². The van der Waals surface area contributed by atoms with Crippen LogP contribution in [0.4, 0.5) is 17.5 Å². The van der Waals surface area contributed by atoms with E-state index in [-0.39, 0.29) is 0 Å². The molecule has 6 nitrogen and oxygen atoms in total. The van der Waals surface area contributed by atoms with Crippen molar-refractivity contribution in [3.8, 4) is 5.75 Å². The van der Waals surface area contributed by atoms with Crippen LogP contribution in [0.2, 0.25) is 0 Å². The Morgan fingerprint density at radius 1 is 1.15 bits per heavy atom. The zero-order valence-electron chi connectivity index (χ0n) is 11.6. The Labute approximate surface area is 118 Å². The summed E-state index contributed by atoms with van der Waals surface area (Å²) in [5.41, 5.74) is 0.858. The summed E-state index contributed by atoms with van der Waals surface area (Å²) in [6.07, 6.45) is 1.69. The summed E-state index contributed by atoms with van der Waals surface area (Å²) in [5.74, 6) is 2.02. The Hall–Kier alpha value is -2.34. The molecule has 1 aromatic carbocycles. The van der Waals surface area contributed by atoms with Crippen LogP contribution in [0, 0.1) is 0 Å². The lowest BCUT2D eigenvalue weighted by atomic mass is 10.3. The molecule has 0 aliphatic heterocycles. The summed E-state index contributed by atoms with van der Waals surface area (Å²) < 4.78 is 10.3. The maximum Gasteiger partial charge on any atom is 0.224 e. The Bertz CT molecular complexity index is 548.